The Bertz CT molecular complexity index is 622. The second-order valence-electron chi connectivity index (χ2n) is 3.97. The molecule has 1 aliphatic heterocycles. The first-order chi connectivity index (χ1) is 8.74. The van der Waals surface area contributed by atoms with Crippen molar-refractivity contribution in [1.29, 1.82) is 0 Å². The molecule has 1 aliphatic rings. The van der Waals surface area contributed by atoms with E-state index in [0.717, 1.165) is 15.5 Å². The van der Waals surface area contributed by atoms with Crippen molar-refractivity contribution in [3.8, 4) is 11.5 Å². The van der Waals surface area contributed by atoms with E-state index in [9.17, 15) is 4.79 Å². The molecule has 2 aromatic rings. The molecule has 0 aliphatic carbocycles. The number of aliphatic carboxylic acids is 1. The van der Waals surface area contributed by atoms with Gasteiger partial charge in [0.1, 0.15) is 11.5 Å². The third kappa shape index (κ3) is 1.95. The summed E-state index contributed by atoms with van der Waals surface area (Å²) in [5, 5.41) is 8.90. The molecule has 4 heteroatoms. The lowest BCUT2D eigenvalue weighted by Crippen LogP contribution is -2.04. The fraction of sp³-hybridized carbons (Fsp3) is 0.0714. The highest BCUT2D eigenvalue weighted by atomic mass is 32.2. The van der Waals surface area contributed by atoms with Crippen LogP contribution >= 0.6 is 11.8 Å². The van der Waals surface area contributed by atoms with E-state index >= 15 is 0 Å². The van der Waals surface area contributed by atoms with Crippen LogP contribution in [0.2, 0.25) is 0 Å². The summed E-state index contributed by atoms with van der Waals surface area (Å²) in [5.41, 5.74) is 0.710. The molecule has 0 fully saturated rings. The Balaban J connectivity index is 2.04. The van der Waals surface area contributed by atoms with Crippen molar-refractivity contribution in [3.63, 3.8) is 0 Å². The largest absolute Gasteiger partial charge is 0.481 e. The number of carboxylic acids is 1. The highest BCUT2D eigenvalue weighted by Crippen LogP contribution is 2.48. The lowest BCUT2D eigenvalue weighted by atomic mass is 10.1. The number of benzene rings is 2. The molecule has 0 atom stereocenters. The molecule has 18 heavy (non-hydrogen) atoms. The number of carboxylic acid groups (broad SMARTS) is 1. The summed E-state index contributed by atoms with van der Waals surface area (Å²) in [6.45, 7) is 0. The third-order valence-corrected chi connectivity index (χ3v) is 3.78. The van der Waals surface area contributed by atoms with Gasteiger partial charge in [-0.3, -0.25) is 4.79 Å². The van der Waals surface area contributed by atoms with Crippen molar-refractivity contribution in [1.82, 2.24) is 0 Å². The zero-order valence-electron chi connectivity index (χ0n) is 9.42. The SMILES string of the molecule is O=C(O)Cc1cccc2c1Oc1ccccc1S2. The van der Waals surface area contributed by atoms with Gasteiger partial charge in [-0.1, -0.05) is 36.0 Å². The molecule has 2 aromatic carbocycles. The number of para-hydroxylation sites is 2. The summed E-state index contributed by atoms with van der Waals surface area (Å²) in [7, 11) is 0. The van der Waals surface area contributed by atoms with Gasteiger partial charge in [0.2, 0.25) is 0 Å². The average molecular weight is 258 g/mol. The van der Waals surface area contributed by atoms with E-state index in [-0.39, 0.29) is 6.42 Å². The summed E-state index contributed by atoms with van der Waals surface area (Å²) in [6.07, 6.45) is -0.0219. The topological polar surface area (TPSA) is 46.5 Å². The Hall–Kier alpha value is -1.94. The highest BCUT2D eigenvalue weighted by Gasteiger charge is 2.20. The fourth-order valence-electron chi connectivity index (χ4n) is 1.91. The maximum absolute atomic E-state index is 10.8. The second kappa shape index (κ2) is 4.38. The van der Waals surface area contributed by atoms with E-state index in [4.69, 9.17) is 9.84 Å². The van der Waals surface area contributed by atoms with E-state index < -0.39 is 5.97 Å². The van der Waals surface area contributed by atoms with Gasteiger partial charge in [-0.15, -0.1) is 0 Å². The van der Waals surface area contributed by atoms with Crippen molar-refractivity contribution in [2.45, 2.75) is 16.2 Å². The van der Waals surface area contributed by atoms with E-state index in [1.165, 1.54) is 0 Å². The Morgan fingerprint density at radius 1 is 1.11 bits per heavy atom. The number of carbonyl (C=O) groups is 1. The van der Waals surface area contributed by atoms with Crippen LogP contribution in [-0.4, -0.2) is 11.1 Å². The lowest BCUT2D eigenvalue weighted by Gasteiger charge is -2.21. The Morgan fingerprint density at radius 2 is 1.89 bits per heavy atom. The van der Waals surface area contributed by atoms with Gasteiger partial charge >= 0.3 is 5.97 Å². The standard InChI is InChI=1S/C14H10O3S/c15-13(16)8-9-4-3-7-12-14(9)17-10-5-1-2-6-11(10)18-12/h1-7H,8H2,(H,15,16). The van der Waals surface area contributed by atoms with Gasteiger partial charge < -0.3 is 9.84 Å². The molecule has 0 spiro atoms. The van der Waals surface area contributed by atoms with Crippen LogP contribution in [-0.2, 0) is 11.2 Å². The average Bonchev–Trinajstić information content (AvgIpc) is 2.36. The third-order valence-electron chi connectivity index (χ3n) is 2.68. The summed E-state index contributed by atoms with van der Waals surface area (Å²) < 4.78 is 5.83. The van der Waals surface area contributed by atoms with Crippen LogP contribution in [0.1, 0.15) is 5.56 Å². The van der Waals surface area contributed by atoms with E-state index in [0.29, 0.717) is 11.3 Å². The quantitative estimate of drug-likeness (QED) is 0.763. The minimum absolute atomic E-state index is 0.0219. The fourth-order valence-corrected chi connectivity index (χ4v) is 2.91. The van der Waals surface area contributed by atoms with Crippen molar-refractivity contribution >= 4 is 17.7 Å². The maximum atomic E-state index is 10.8. The predicted octanol–water partition coefficient (Wildman–Crippen LogP) is 3.57. The molecule has 90 valence electrons. The van der Waals surface area contributed by atoms with Gasteiger partial charge in [-0.05, 0) is 18.2 Å². The number of ether oxygens (including phenoxy) is 1. The van der Waals surface area contributed by atoms with Crippen LogP contribution in [0.15, 0.2) is 52.3 Å². The Kier molecular flexibility index (Phi) is 2.72. The van der Waals surface area contributed by atoms with Crippen LogP contribution in [0.4, 0.5) is 0 Å². The van der Waals surface area contributed by atoms with Gasteiger partial charge in [0, 0.05) is 5.56 Å². The summed E-state index contributed by atoms with van der Waals surface area (Å²) in [4.78, 5) is 12.9. The predicted molar refractivity (Wildman–Crippen MR) is 68.4 cm³/mol. The number of hydrogen-bond donors (Lipinski definition) is 1. The van der Waals surface area contributed by atoms with Crippen LogP contribution in [0.3, 0.4) is 0 Å². The maximum Gasteiger partial charge on any atom is 0.307 e. The van der Waals surface area contributed by atoms with Gasteiger partial charge in [0.15, 0.2) is 0 Å². The van der Waals surface area contributed by atoms with Crippen molar-refractivity contribution in [2.75, 3.05) is 0 Å². The number of hydrogen-bond acceptors (Lipinski definition) is 3. The molecule has 0 bridgehead atoms. The molecule has 0 saturated carbocycles. The van der Waals surface area contributed by atoms with E-state index in [1.54, 1.807) is 17.8 Å². The molecular weight excluding hydrogens is 248 g/mol. The van der Waals surface area contributed by atoms with Crippen molar-refractivity contribution < 1.29 is 14.6 Å². The van der Waals surface area contributed by atoms with Crippen molar-refractivity contribution in [3.05, 3.63) is 48.0 Å². The Labute approximate surface area is 108 Å². The summed E-state index contributed by atoms with van der Waals surface area (Å²) >= 11 is 1.61. The zero-order valence-corrected chi connectivity index (χ0v) is 10.2. The van der Waals surface area contributed by atoms with E-state index in [1.807, 2.05) is 36.4 Å². The molecule has 3 nitrogen and oxygen atoms in total. The van der Waals surface area contributed by atoms with Crippen LogP contribution < -0.4 is 4.74 Å². The first-order valence-electron chi connectivity index (χ1n) is 5.52. The van der Waals surface area contributed by atoms with E-state index in [2.05, 4.69) is 0 Å². The highest BCUT2D eigenvalue weighted by molar-refractivity contribution is 7.99. The minimum Gasteiger partial charge on any atom is -0.481 e. The molecule has 0 unspecified atom stereocenters. The Morgan fingerprint density at radius 3 is 2.72 bits per heavy atom. The monoisotopic (exact) mass is 258 g/mol. The van der Waals surface area contributed by atoms with Crippen molar-refractivity contribution in [2.24, 2.45) is 0 Å². The molecule has 0 radical (unpaired) electrons. The normalized spacial score (nSPS) is 12.2. The first kappa shape index (κ1) is 11.2. The molecule has 3 rings (SSSR count). The first-order valence-corrected chi connectivity index (χ1v) is 6.34. The lowest BCUT2D eigenvalue weighted by molar-refractivity contribution is -0.136. The zero-order chi connectivity index (χ0) is 12.5. The molecule has 0 saturated heterocycles. The summed E-state index contributed by atoms with van der Waals surface area (Å²) in [5.74, 6) is 0.604. The van der Waals surface area contributed by atoms with Gasteiger partial charge in [-0.25, -0.2) is 0 Å². The molecule has 1 heterocycles. The molecule has 0 aromatic heterocycles. The van der Waals surface area contributed by atoms with Crippen LogP contribution in [0.25, 0.3) is 0 Å². The van der Waals surface area contributed by atoms with Crippen LogP contribution in [0, 0.1) is 0 Å². The van der Waals surface area contributed by atoms with Gasteiger partial charge in [0.05, 0.1) is 16.2 Å². The number of rotatable bonds is 2. The van der Waals surface area contributed by atoms with Gasteiger partial charge in [0.25, 0.3) is 0 Å². The molecule has 0 amide bonds. The molecule has 1 N–H and O–H groups in total. The second-order valence-corrected chi connectivity index (χ2v) is 5.05. The van der Waals surface area contributed by atoms with Gasteiger partial charge in [-0.2, -0.15) is 0 Å². The smallest absolute Gasteiger partial charge is 0.307 e. The molecular formula is C14H10O3S. The minimum atomic E-state index is -0.851. The number of fused-ring (bicyclic) bond motifs is 2. The van der Waals surface area contributed by atoms with Crippen LogP contribution in [0.5, 0.6) is 11.5 Å². The summed E-state index contributed by atoms with van der Waals surface area (Å²) in [6, 6.07) is 13.4.